The summed E-state index contributed by atoms with van der Waals surface area (Å²) in [5, 5.41) is 5.65. The van der Waals surface area contributed by atoms with Gasteiger partial charge < -0.3 is 15.1 Å². The summed E-state index contributed by atoms with van der Waals surface area (Å²) in [6.45, 7) is 0.192. The van der Waals surface area contributed by atoms with Crippen LogP contribution in [0.3, 0.4) is 0 Å². The molecule has 8 heteroatoms. The summed E-state index contributed by atoms with van der Waals surface area (Å²) in [5.41, 5.74) is 1.68. The highest BCUT2D eigenvalue weighted by Crippen LogP contribution is 2.55. The van der Waals surface area contributed by atoms with Crippen molar-refractivity contribution in [3.63, 3.8) is 0 Å². The number of thioether (sulfide) groups is 1. The number of amides is 2. The predicted octanol–water partition coefficient (Wildman–Crippen LogP) is 5.95. The number of halogens is 2. The Hall–Kier alpha value is -2.15. The van der Waals surface area contributed by atoms with E-state index in [1.807, 2.05) is 54.6 Å². The quantitative estimate of drug-likeness (QED) is 0.346. The number of hydrogen-bond acceptors (Lipinski definition) is 4. The van der Waals surface area contributed by atoms with E-state index in [9.17, 15) is 4.79 Å². The van der Waals surface area contributed by atoms with Crippen LogP contribution in [0.25, 0.3) is 11.3 Å². The van der Waals surface area contributed by atoms with Crippen molar-refractivity contribution >= 4 is 46.7 Å². The van der Waals surface area contributed by atoms with Crippen LogP contribution in [-0.4, -0.2) is 21.1 Å². The van der Waals surface area contributed by atoms with E-state index in [0.29, 0.717) is 11.7 Å². The van der Waals surface area contributed by atoms with Gasteiger partial charge in [-0.05, 0) is 18.6 Å². The lowest BCUT2D eigenvalue weighted by molar-refractivity contribution is 0.250. The molecule has 0 bridgehead atoms. The molecule has 1 unspecified atom stereocenters. The molecule has 2 N–H and O–H groups in total. The molecule has 0 radical (unpaired) electrons. The number of oxazole rings is 1. The Labute approximate surface area is 183 Å². The number of urea groups is 1. The minimum Gasteiger partial charge on any atom is -0.439 e. The Morgan fingerprint density at radius 1 is 1.17 bits per heavy atom. The predicted molar refractivity (Wildman–Crippen MR) is 118 cm³/mol. The normalized spacial score (nSPS) is 17.0. The number of alkyl halides is 2. The van der Waals surface area contributed by atoms with E-state index in [-0.39, 0.29) is 18.5 Å². The minimum absolute atomic E-state index is 0.192. The fraction of sp³-hybridized carbons (Fsp3) is 0.238. The smallest absolute Gasteiger partial charge is 0.319 e. The van der Waals surface area contributed by atoms with Crippen LogP contribution < -0.4 is 10.6 Å². The van der Waals surface area contributed by atoms with E-state index in [2.05, 4.69) is 15.6 Å². The van der Waals surface area contributed by atoms with Crippen molar-refractivity contribution in [1.29, 1.82) is 0 Å². The first-order chi connectivity index (χ1) is 14.0. The molecular weight excluding hydrogens is 429 g/mol. The lowest BCUT2D eigenvalue weighted by Crippen LogP contribution is -2.28. The Morgan fingerprint density at radius 3 is 2.66 bits per heavy atom. The Balaban J connectivity index is 1.31. The Kier molecular flexibility index (Phi) is 6.04. The van der Waals surface area contributed by atoms with E-state index in [0.717, 1.165) is 28.3 Å². The van der Waals surface area contributed by atoms with Crippen LogP contribution in [0.1, 0.15) is 12.3 Å². The second-order valence-electron chi connectivity index (χ2n) is 6.76. The van der Waals surface area contributed by atoms with Crippen LogP contribution in [0.5, 0.6) is 0 Å². The number of carbonyl (C=O) groups excluding carboxylic acids is 1. The zero-order valence-corrected chi connectivity index (χ0v) is 17.7. The highest BCUT2D eigenvalue weighted by Gasteiger charge is 2.51. The number of rotatable bonds is 7. The van der Waals surface area contributed by atoms with Crippen molar-refractivity contribution in [2.45, 2.75) is 22.2 Å². The van der Waals surface area contributed by atoms with Gasteiger partial charge in [0.2, 0.25) is 5.89 Å². The maximum absolute atomic E-state index is 12.3. The van der Waals surface area contributed by atoms with Gasteiger partial charge in [-0.2, -0.15) is 0 Å². The van der Waals surface area contributed by atoms with Crippen LogP contribution in [0.4, 0.5) is 10.5 Å². The first kappa shape index (κ1) is 20.1. The molecule has 1 fully saturated rings. The lowest BCUT2D eigenvalue weighted by atomic mass is 10.2. The third-order valence-corrected chi connectivity index (χ3v) is 6.70. The summed E-state index contributed by atoms with van der Waals surface area (Å²) in [7, 11) is 0. The minimum atomic E-state index is -0.596. The molecule has 1 aliphatic rings. The summed E-state index contributed by atoms with van der Waals surface area (Å²) in [6, 6.07) is 17.0. The molecule has 1 saturated carbocycles. The second-order valence-corrected chi connectivity index (χ2v) is 9.37. The molecular formula is C21H19Cl2N3O2S. The molecule has 3 aromatic rings. The summed E-state index contributed by atoms with van der Waals surface area (Å²) < 4.78 is 5.11. The van der Waals surface area contributed by atoms with Crippen LogP contribution in [0, 0.1) is 5.92 Å². The number of aromatic nitrogens is 1. The number of carbonyl (C=O) groups is 1. The van der Waals surface area contributed by atoms with Crippen molar-refractivity contribution in [2.24, 2.45) is 5.92 Å². The van der Waals surface area contributed by atoms with Crippen molar-refractivity contribution in [3.8, 4) is 11.3 Å². The number of para-hydroxylation sites is 1. The van der Waals surface area contributed by atoms with Crippen molar-refractivity contribution in [3.05, 3.63) is 66.7 Å². The van der Waals surface area contributed by atoms with Gasteiger partial charge in [-0.25, -0.2) is 9.78 Å². The molecule has 150 valence electrons. The van der Waals surface area contributed by atoms with Crippen molar-refractivity contribution in [2.75, 3.05) is 11.1 Å². The SMILES string of the molecule is O=C(NCc1ncc(-c2ccccc2)o1)Nc1ccccc1SCC1CC1(Cl)Cl. The zero-order valence-electron chi connectivity index (χ0n) is 15.4. The van der Waals surface area contributed by atoms with Crippen LogP contribution in [0.2, 0.25) is 0 Å². The van der Waals surface area contributed by atoms with Gasteiger partial charge in [-0.1, -0.05) is 42.5 Å². The van der Waals surface area contributed by atoms with Crippen LogP contribution in [-0.2, 0) is 6.54 Å². The maximum Gasteiger partial charge on any atom is 0.319 e. The summed E-state index contributed by atoms with van der Waals surface area (Å²) in [6.07, 6.45) is 2.46. The Bertz CT molecular complexity index is 994. The zero-order chi connectivity index (χ0) is 20.3. The number of nitrogens with zero attached hydrogens (tertiary/aromatic N) is 1. The largest absolute Gasteiger partial charge is 0.439 e. The monoisotopic (exact) mass is 447 g/mol. The first-order valence-corrected chi connectivity index (χ1v) is 10.9. The molecule has 0 aliphatic heterocycles. The molecule has 1 heterocycles. The molecule has 1 aromatic heterocycles. The van der Waals surface area contributed by atoms with Gasteiger partial charge >= 0.3 is 6.03 Å². The third-order valence-electron chi connectivity index (χ3n) is 4.54. The van der Waals surface area contributed by atoms with E-state index in [4.69, 9.17) is 27.6 Å². The molecule has 1 aliphatic carbocycles. The number of anilines is 1. The topological polar surface area (TPSA) is 67.2 Å². The molecule has 0 spiro atoms. The fourth-order valence-corrected chi connectivity index (χ4v) is 4.73. The average molecular weight is 448 g/mol. The molecule has 2 aromatic carbocycles. The van der Waals surface area contributed by atoms with E-state index < -0.39 is 4.33 Å². The third kappa shape index (κ3) is 5.26. The number of nitrogens with one attached hydrogen (secondary N) is 2. The van der Waals surface area contributed by atoms with Gasteiger partial charge in [-0.15, -0.1) is 35.0 Å². The van der Waals surface area contributed by atoms with Gasteiger partial charge in [-0.3, -0.25) is 0 Å². The number of benzene rings is 2. The van der Waals surface area contributed by atoms with Gasteiger partial charge in [0, 0.05) is 22.1 Å². The van der Waals surface area contributed by atoms with Gasteiger partial charge in [0.25, 0.3) is 0 Å². The molecule has 0 saturated heterocycles. The summed E-state index contributed by atoms with van der Waals surface area (Å²) >= 11 is 13.8. The van der Waals surface area contributed by atoms with Gasteiger partial charge in [0.1, 0.15) is 4.33 Å². The van der Waals surface area contributed by atoms with E-state index in [1.165, 1.54) is 0 Å². The summed E-state index contributed by atoms with van der Waals surface area (Å²) in [4.78, 5) is 17.5. The molecule has 1 atom stereocenters. The lowest BCUT2D eigenvalue weighted by Gasteiger charge is -2.11. The second kappa shape index (κ2) is 8.69. The van der Waals surface area contributed by atoms with Gasteiger partial charge in [0.05, 0.1) is 18.4 Å². The molecule has 4 rings (SSSR count). The van der Waals surface area contributed by atoms with Crippen molar-refractivity contribution in [1.82, 2.24) is 10.3 Å². The van der Waals surface area contributed by atoms with E-state index >= 15 is 0 Å². The fourth-order valence-electron chi connectivity index (χ4n) is 2.79. The van der Waals surface area contributed by atoms with Crippen molar-refractivity contribution < 1.29 is 9.21 Å². The first-order valence-electron chi connectivity index (χ1n) is 9.16. The van der Waals surface area contributed by atoms with Crippen LogP contribution >= 0.6 is 35.0 Å². The molecule has 29 heavy (non-hydrogen) atoms. The summed E-state index contributed by atoms with van der Waals surface area (Å²) in [5.74, 6) is 2.20. The highest BCUT2D eigenvalue weighted by atomic mass is 35.5. The molecule has 5 nitrogen and oxygen atoms in total. The van der Waals surface area contributed by atoms with Gasteiger partial charge in [0.15, 0.2) is 5.76 Å². The van der Waals surface area contributed by atoms with E-state index in [1.54, 1.807) is 18.0 Å². The highest BCUT2D eigenvalue weighted by molar-refractivity contribution is 7.99. The average Bonchev–Trinajstić information content (AvgIpc) is 3.12. The standard InChI is InChI=1S/C21H19Cl2N3O2S/c22-21(23)10-15(21)13-29-18-9-5-4-8-16(18)26-20(27)25-12-19-24-11-17(28-19)14-6-2-1-3-7-14/h1-9,11,15H,10,12-13H2,(H2,25,26,27). The number of hydrogen-bond donors (Lipinski definition) is 2. The Morgan fingerprint density at radius 2 is 1.90 bits per heavy atom. The van der Waals surface area contributed by atoms with Crippen LogP contribution in [0.15, 0.2) is 70.1 Å². The molecule has 2 amide bonds. The maximum atomic E-state index is 12.3.